The van der Waals surface area contributed by atoms with Crippen LogP contribution < -0.4 is 0 Å². The van der Waals surface area contributed by atoms with Gasteiger partial charge in [0.1, 0.15) is 0 Å². The Morgan fingerprint density at radius 1 is 1.42 bits per heavy atom. The minimum absolute atomic E-state index is 0.0581. The number of hydrogen-bond acceptors (Lipinski definition) is 2. The molecule has 2 heteroatoms. The minimum Gasteiger partial charge on any atom is -0.435 e. The van der Waals surface area contributed by atoms with Crippen molar-refractivity contribution in [1.29, 1.82) is 0 Å². The van der Waals surface area contributed by atoms with Gasteiger partial charge in [0, 0.05) is 0 Å². The van der Waals surface area contributed by atoms with Gasteiger partial charge in [-0.15, -0.1) is 0 Å². The van der Waals surface area contributed by atoms with Crippen molar-refractivity contribution in [3.05, 3.63) is 12.8 Å². The Labute approximate surface area is 72.6 Å². The third-order valence-electron chi connectivity index (χ3n) is 3.24. The van der Waals surface area contributed by atoms with E-state index >= 15 is 0 Å². The molecule has 0 N–H and O–H groups in total. The summed E-state index contributed by atoms with van der Waals surface area (Å²) < 4.78 is 4.80. The van der Waals surface area contributed by atoms with Crippen LogP contribution in [-0.2, 0) is 9.53 Å². The highest BCUT2D eigenvalue weighted by Crippen LogP contribution is 2.48. The molecule has 2 nitrogen and oxygen atoms in total. The van der Waals surface area contributed by atoms with Gasteiger partial charge in [-0.3, -0.25) is 4.79 Å². The summed E-state index contributed by atoms with van der Waals surface area (Å²) >= 11 is 0. The molecule has 0 aromatic heterocycles. The molecule has 2 bridgehead atoms. The molecule has 0 spiro atoms. The summed E-state index contributed by atoms with van der Waals surface area (Å²) in [4.78, 5) is 11.3. The van der Waals surface area contributed by atoms with E-state index in [2.05, 4.69) is 6.58 Å². The van der Waals surface area contributed by atoms with Gasteiger partial charge in [0.15, 0.2) is 0 Å². The predicted octanol–water partition coefficient (Wildman–Crippen LogP) is 2.11. The van der Waals surface area contributed by atoms with E-state index in [9.17, 15) is 4.79 Å². The first-order chi connectivity index (χ1) is 5.81. The maximum atomic E-state index is 11.3. The molecule has 2 aliphatic rings. The Morgan fingerprint density at radius 2 is 2.25 bits per heavy atom. The molecule has 2 fully saturated rings. The summed E-state index contributed by atoms with van der Waals surface area (Å²) in [5, 5.41) is 0. The molecule has 0 unspecified atom stereocenters. The molecule has 0 amide bonds. The molecule has 2 aliphatic carbocycles. The standard InChI is InChI=1S/C10H14O2/c1-2-12-10(11)9-6-7-3-4-8(9)5-7/h2,7-9H,1,3-6H2/t7-,8+,9-/m1/s1. The summed E-state index contributed by atoms with van der Waals surface area (Å²) in [5.74, 6) is 1.54. The average molecular weight is 166 g/mol. The van der Waals surface area contributed by atoms with Crippen molar-refractivity contribution in [3.63, 3.8) is 0 Å². The Kier molecular flexibility index (Phi) is 1.91. The van der Waals surface area contributed by atoms with Gasteiger partial charge in [0.25, 0.3) is 0 Å². The van der Waals surface area contributed by atoms with Crippen LogP contribution in [0.1, 0.15) is 25.7 Å². The van der Waals surface area contributed by atoms with Crippen LogP contribution in [0.5, 0.6) is 0 Å². The lowest BCUT2D eigenvalue weighted by atomic mass is 9.89. The Balaban J connectivity index is 1.97. The van der Waals surface area contributed by atoms with Crippen LogP contribution in [0.25, 0.3) is 0 Å². The van der Waals surface area contributed by atoms with E-state index in [0.29, 0.717) is 5.92 Å². The van der Waals surface area contributed by atoms with Gasteiger partial charge in [-0.1, -0.05) is 13.0 Å². The lowest BCUT2D eigenvalue weighted by Crippen LogP contribution is -2.21. The smallest absolute Gasteiger partial charge is 0.314 e. The summed E-state index contributed by atoms with van der Waals surface area (Å²) in [6.07, 6.45) is 6.09. The van der Waals surface area contributed by atoms with Crippen LogP contribution in [-0.4, -0.2) is 5.97 Å². The van der Waals surface area contributed by atoms with E-state index in [1.54, 1.807) is 0 Å². The molecule has 0 aliphatic heterocycles. The number of carbonyl (C=O) groups is 1. The summed E-state index contributed by atoms with van der Waals surface area (Å²) in [5.41, 5.74) is 0. The van der Waals surface area contributed by atoms with Gasteiger partial charge in [-0.25, -0.2) is 0 Å². The van der Waals surface area contributed by atoms with E-state index in [1.807, 2.05) is 0 Å². The maximum absolute atomic E-state index is 11.3. The quantitative estimate of drug-likeness (QED) is 0.464. The summed E-state index contributed by atoms with van der Waals surface area (Å²) in [7, 11) is 0. The fourth-order valence-electron chi connectivity index (χ4n) is 2.70. The SMILES string of the molecule is C=COC(=O)[C@@H]1C[C@@H]2CC[C@H]1C2. The van der Waals surface area contributed by atoms with Crippen LogP contribution in [0.4, 0.5) is 0 Å². The molecule has 0 heterocycles. The highest BCUT2D eigenvalue weighted by atomic mass is 16.5. The van der Waals surface area contributed by atoms with Crippen molar-refractivity contribution in [2.45, 2.75) is 25.7 Å². The molecule has 0 aromatic rings. The second-order valence-electron chi connectivity index (χ2n) is 3.88. The topological polar surface area (TPSA) is 26.3 Å². The van der Waals surface area contributed by atoms with Crippen molar-refractivity contribution in [1.82, 2.24) is 0 Å². The van der Waals surface area contributed by atoms with Crippen LogP contribution in [0, 0.1) is 17.8 Å². The number of esters is 1. The molecular weight excluding hydrogens is 152 g/mol. The number of hydrogen-bond donors (Lipinski definition) is 0. The maximum Gasteiger partial charge on any atom is 0.314 e. The molecule has 0 radical (unpaired) electrons. The number of ether oxygens (including phenoxy) is 1. The molecular formula is C10H14O2. The molecule has 2 rings (SSSR count). The van der Waals surface area contributed by atoms with Gasteiger partial charge in [0.2, 0.25) is 0 Å². The van der Waals surface area contributed by atoms with Crippen LogP contribution >= 0.6 is 0 Å². The van der Waals surface area contributed by atoms with Gasteiger partial charge >= 0.3 is 5.97 Å². The highest BCUT2D eigenvalue weighted by molar-refractivity contribution is 5.74. The molecule has 0 saturated heterocycles. The fourth-order valence-corrected chi connectivity index (χ4v) is 2.70. The molecule has 2 saturated carbocycles. The van der Waals surface area contributed by atoms with E-state index < -0.39 is 0 Å². The zero-order valence-corrected chi connectivity index (χ0v) is 7.16. The lowest BCUT2D eigenvalue weighted by molar-refractivity contribution is -0.144. The highest BCUT2D eigenvalue weighted by Gasteiger charge is 2.43. The first kappa shape index (κ1) is 7.84. The van der Waals surface area contributed by atoms with Crippen molar-refractivity contribution < 1.29 is 9.53 Å². The van der Waals surface area contributed by atoms with Crippen LogP contribution in [0.3, 0.4) is 0 Å². The average Bonchev–Trinajstić information content (AvgIpc) is 2.64. The Hall–Kier alpha value is -0.790. The van der Waals surface area contributed by atoms with Gasteiger partial charge in [0.05, 0.1) is 12.2 Å². The molecule has 66 valence electrons. The number of rotatable bonds is 2. The van der Waals surface area contributed by atoms with Gasteiger partial charge < -0.3 is 4.74 Å². The first-order valence-electron chi connectivity index (χ1n) is 4.62. The zero-order valence-electron chi connectivity index (χ0n) is 7.16. The van der Waals surface area contributed by atoms with E-state index in [4.69, 9.17) is 4.74 Å². The third kappa shape index (κ3) is 1.15. The largest absolute Gasteiger partial charge is 0.435 e. The third-order valence-corrected chi connectivity index (χ3v) is 3.24. The van der Waals surface area contributed by atoms with Gasteiger partial charge in [-0.2, -0.15) is 0 Å². The van der Waals surface area contributed by atoms with Crippen molar-refractivity contribution >= 4 is 5.97 Å². The van der Waals surface area contributed by atoms with Crippen molar-refractivity contribution in [2.75, 3.05) is 0 Å². The molecule has 3 atom stereocenters. The molecule has 0 aromatic carbocycles. The Morgan fingerprint density at radius 3 is 2.75 bits per heavy atom. The number of carbonyl (C=O) groups excluding carboxylic acids is 1. The first-order valence-corrected chi connectivity index (χ1v) is 4.62. The van der Waals surface area contributed by atoms with E-state index in [0.717, 1.165) is 12.3 Å². The fraction of sp³-hybridized carbons (Fsp3) is 0.700. The zero-order chi connectivity index (χ0) is 8.55. The lowest BCUT2D eigenvalue weighted by Gasteiger charge is -2.18. The predicted molar refractivity (Wildman–Crippen MR) is 45.2 cm³/mol. The second kappa shape index (κ2) is 2.92. The van der Waals surface area contributed by atoms with Crippen molar-refractivity contribution in [2.24, 2.45) is 17.8 Å². The summed E-state index contributed by atoms with van der Waals surface area (Å²) in [6, 6.07) is 0. The number of fused-ring (bicyclic) bond motifs is 2. The monoisotopic (exact) mass is 166 g/mol. The van der Waals surface area contributed by atoms with Crippen LogP contribution in [0.2, 0.25) is 0 Å². The van der Waals surface area contributed by atoms with E-state index in [-0.39, 0.29) is 11.9 Å². The van der Waals surface area contributed by atoms with Crippen molar-refractivity contribution in [3.8, 4) is 0 Å². The second-order valence-corrected chi connectivity index (χ2v) is 3.88. The normalized spacial score (nSPS) is 38.2. The van der Waals surface area contributed by atoms with Crippen LogP contribution in [0.15, 0.2) is 12.8 Å². The summed E-state index contributed by atoms with van der Waals surface area (Å²) in [6.45, 7) is 3.39. The van der Waals surface area contributed by atoms with Gasteiger partial charge in [-0.05, 0) is 31.1 Å². The van der Waals surface area contributed by atoms with E-state index in [1.165, 1.54) is 25.5 Å². The molecule has 12 heavy (non-hydrogen) atoms. The Bertz CT molecular complexity index is 210. The minimum atomic E-state index is -0.0581.